The van der Waals surface area contributed by atoms with Gasteiger partial charge in [0.15, 0.2) is 0 Å². The van der Waals surface area contributed by atoms with Gasteiger partial charge in [-0.1, -0.05) is 23.7 Å². The van der Waals surface area contributed by atoms with Crippen LogP contribution in [0.2, 0.25) is 5.02 Å². The second-order valence-corrected chi connectivity index (χ2v) is 5.78. The van der Waals surface area contributed by atoms with Crippen LogP contribution in [0.15, 0.2) is 42.5 Å². The van der Waals surface area contributed by atoms with Gasteiger partial charge in [0, 0.05) is 17.1 Å². The summed E-state index contributed by atoms with van der Waals surface area (Å²) < 4.78 is 5.09. The number of ether oxygens (including phenoxy) is 1. The standard InChI is InChI=1S/C17H18ClN3O4/c1-11(12-3-5-13(18)6-4-12)19-10-17(22)20-15-8-7-14(21(23)24)9-16(15)25-2/h3-9,11,19H,10H2,1-2H3,(H,20,22)/t11-/m1/s1. The van der Waals surface area contributed by atoms with Crippen molar-refractivity contribution < 1.29 is 14.5 Å². The molecule has 0 spiro atoms. The number of carbonyl (C=O) groups excluding carboxylic acids is 1. The SMILES string of the molecule is COc1cc([N+](=O)[O-])ccc1NC(=O)CN[C@H](C)c1ccc(Cl)cc1. The van der Waals surface area contributed by atoms with Crippen molar-refractivity contribution in [2.24, 2.45) is 0 Å². The molecule has 0 saturated heterocycles. The maximum atomic E-state index is 12.1. The average molecular weight is 364 g/mol. The van der Waals surface area contributed by atoms with Crippen LogP contribution >= 0.6 is 11.6 Å². The highest BCUT2D eigenvalue weighted by molar-refractivity contribution is 6.30. The molecule has 25 heavy (non-hydrogen) atoms. The van der Waals surface area contributed by atoms with Crippen LogP contribution in [0.5, 0.6) is 5.75 Å². The van der Waals surface area contributed by atoms with E-state index in [1.807, 2.05) is 19.1 Å². The molecule has 132 valence electrons. The van der Waals surface area contributed by atoms with Crippen LogP contribution in [0, 0.1) is 10.1 Å². The van der Waals surface area contributed by atoms with Crippen LogP contribution in [0.1, 0.15) is 18.5 Å². The molecule has 7 nitrogen and oxygen atoms in total. The van der Waals surface area contributed by atoms with Crippen molar-refractivity contribution >= 4 is 28.9 Å². The second kappa shape index (κ2) is 8.46. The molecule has 0 saturated carbocycles. The Labute approximate surface area is 150 Å². The molecule has 1 amide bonds. The van der Waals surface area contributed by atoms with Gasteiger partial charge in [-0.25, -0.2) is 0 Å². The van der Waals surface area contributed by atoms with Gasteiger partial charge >= 0.3 is 0 Å². The molecule has 1 atom stereocenters. The van der Waals surface area contributed by atoms with Gasteiger partial charge in [-0.3, -0.25) is 14.9 Å². The van der Waals surface area contributed by atoms with Gasteiger partial charge in [0.25, 0.3) is 5.69 Å². The molecule has 0 aromatic heterocycles. The normalized spacial score (nSPS) is 11.6. The number of halogens is 1. The summed E-state index contributed by atoms with van der Waals surface area (Å²) in [6, 6.07) is 11.3. The third kappa shape index (κ3) is 5.17. The number of methoxy groups -OCH3 is 1. The van der Waals surface area contributed by atoms with E-state index >= 15 is 0 Å². The van der Waals surface area contributed by atoms with E-state index in [1.54, 1.807) is 12.1 Å². The highest BCUT2D eigenvalue weighted by Gasteiger charge is 2.14. The topological polar surface area (TPSA) is 93.5 Å². The number of rotatable bonds is 7. The van der Waals surface area contributed by atoms with Crippen molar-refractivity contribution in [2.45, 2.75) is 13.0 Å². The van der Waals surface area contributed by atoms with Gasteiger partial charge in [-0.05, 0) is 30.7 Å². The van der Waals surface area contributed by atoms with E-state index in [0.29, 0.717) is 10.7 Å². The minimum atomic E-state index is -0.524. The molecule has 0 heterocycles. The maximum absolute atomic E-state index is 12.1. The molecular formula is C17H18ClN3O4. The summed E-state index contributed by atoms with van der Waals surface area (Å²) in [4.78, 5) is 22.4. The van der Waals surface area contributed by atoms with Gasteiger partial charge < -0.3 is 15.4 Å². The number of anilines is 1. The predicted octanol–water partition coefficient (Wildman–Crippen LogP) is 3.55. The van der Waals surface area contributed by atoms with Crippen molar-refractivity contribution in [3.05, 3.63) is 63.2 Å². The third-order valence-electron chi connectivity index (χ3n) is 3.61. The van der Waals surface area contributed by atoms with E-state index in [0.717, 1.165) is 5.56 Å². The van der Waals surface area contributed by atoms with E-state index < -0.39 is 4.92 Å². The zero-order valence-electron chi connectivity index (χ0n) is 13.8. The Morgan fingerprint density at radius 2 is 1.96 bits per heavy atom. The summed E-state index contributed by atoms with van der Waals surface area (Å²) in [5.41, 5.74) is 1.27. The quantitative estimate of drug-likeness (QED) is 0.579. The lowest BCUT2D eigenvalue weighted by Gasteiger charge is -2.15. The number of nitrogens with zero attached hydrogens (tertiary/aromatic N) is 1. The fraction of sp³-hybridized carbons (Fsp3) is 0.235. The molecule has 0 aliphatic heterocycles. The molecule has 0 bridgehead atoms. The number of carbonyl (C=O) groups is 1. The van der Waals surface area contributed by atoms with Gasteiger partial charge in [0.05, 0.1) is 30.3 Å². The number of nitro groups is 1. The summed E-state index contributed by atoms with van der Waals surface area (Å²) >= 11 is 5.85. The Morgan fingerprint density at radius 3 is 2.56 bits per heavy atom. The van der Waals surface area contributed by atoms with Gasteiger partial charge in [0.1, 0.15) is 5.75 Å². The first kappa shape index (κ1) is 18.7. The van der Waals surface area contributed by atoms with Crippen LogP contribution in [0.3, 0.4) is 0 Å². The summed E-state index contributed by atoms with van der Waals surface area (Å²) in [7, 11) is 1.38. The van der Waals surface area contributed by atoms with Crippen molar-refractivity contribution in [2.75, 3.05) is 19.0 Å². The molecule has 2 N–H and O–H groups in total. The number of nitrogens with one attached hydrogen (secondary N) is 2. The summed E-state index contributed by atoms with van der Waals surface area (Å²) in [5.74, 6) is -0.0544. The smallest absolute Gasteiger partial charge is 0.273 e. The highest BCUT2D eigenvalue weighted by Crippen LogP contribution is 2.28. The Bertz CT molecular complexity index is 765. The van der Waals surface area contributed by atoms with Crippen molar-refractivity contribution in [3.8, 4) is 5.75 Å². The Kier molecular flexibility index (Phi) is 6.32. The molecule has 0 radical (unpaired) electrons. The van der Waals surface area contributed by atoms with Crippen molar-refractivity contribution in [1.82, 2.24) is 5.32 Å². The summed E-state index contributed by atoms with van der Waals surface area (Å²) in [6.07, 6.45) is 0. The Morgan fingerprint density at radius 1 is 1.28 bits per heavy atom. The number of benzene rings is 2. The molecule has 0 aliphatic rings. The fourth-order valence-electron chi connectivity index (χ4n) is 2.21. The van der Waals surface area contributed by atoms with Crippen molar-refractivity contribution in [1.29, 1.82) is 0 Å². The van der Waals surface area contributed by atoms with E-state index in [2.05, 4.69) is 10.6 Å². The average Bonchev–Trinajstić information content (AvgIpc) is 2.60. The molecule has 2 rings (SSSR count). The lowest BCUT2D eigenvalue weighted by molar-refractivity contribution is -0.384. The number of hydrogen-bond donors (Lipinski definition) is 2. The number of nitro benzene ring substituents is 1. The molecule has 8 heteroatoms. The maximum Gasteiger partial charge on any atom is 0.273 e. The second-order valence-electron chi connectivity index (χ2n) is 5.34. The van der Waals surface area contributed by atoms with Crippen LogP contribution < -0.4 is 15.4 Å². The lowest BCUT2D eigenvalue weighted by atomic mass is 10.1. The minimum Gasteiger partial charge on any atom is -0.494 e. The third-order valence-corrected chi connectivity index (χ3v) is 3.86. The number of non-ortho nitro benzene ring substituents is 1. The number of hydrogen-bond acceptors (Lipinski definition) is 5. The van der Waals surface area contributed by atoms with E-state index in [-0.39, 0.29) is 29.9 Å². The van der Waals surface area contributed by atoms with E-state index in [9.17, 15) is 14.9 Å². The first-order chi connectivity index (χ1) is 11.9. The first-order valence-corrected chi connectivity index (χ1v) is 7.89. The van der Waals surface area contributed by atoms with Gasteiger partial charge in [0.2, 0.25) is 5.91 Å². The summed E-state index contributed by atoms with van der Waals surface area (Å²) in [6.45, 7) is 2.01. The van der Waals surface area contributed by atoms with E-state index in [1.165, 1.54) is 25.3 Å². The monoisotopic (exact) mass is 363 g/mol. The zero-order valence-corrected chi connectivity index (χ0v) is 14.5. The van der Waals surface area contributed by atoms with Gasteiger partial charge in [-0.15, -0.1) is 0 Å². The minimum absolute atomic E-state index is 0.0400. The Balaban J connectivity index is 1.96. The first-order valence-electron chi connectivity index (χ1n) is 7.52. The van der Waals surface area contributed by atoms with Gasteiger partial charge in [-0.2, -0.15) is 0 Å². The molecule has 2 aromatic rings. The zero-order chi connectivity index (χ0) is 18.4. The molecule has 0 fully saturated rings. The largest absolute Gasteiger partial charge is 0.494 e. The van der Waals surface area contributed by atoms with Crippen LogP contribution in [0.4, 0.5) is 11.4 Å². The highest BCUT2D eigenvalue weighted by atomic mass is 35.5. The van der Waals surface area contributed by atoms with Crippen LogP contribution in [-0.4, -0.2) is 24.5 Å². The Hall–Kier alpha value is -2.64. The molecule has 0 aliphatic carbocycles. The summed E-state index contributed by atoms with van der Waals surface area (Å²) in [5, 5.41) is 17.2. The van der Waals surface area contributed by atoms with Crippen molar-refractivity contribution in [3.63, 3.8) is 0 Å². The van der Waals surface area contributed by atoms with Crippen LogP contribution in [-0.2, 0) is 4.79 Å². The molecule has 0 unspecified atom stereocenters. The fourth-order valence-corrected chi connectivity index (χ4v) is 2.33. The lowest BCUT2D eigenvalue weighted by Crippen LogP contribution is -2.30. The molecular weight excluding hydrogens is 346 g/mol. The van der Waals surface area contributed by atoms with Crippen LogP contribution in [0.25, 0.3) is 0 Å². The number of amides is 1. The van der Waals surface area contributed by atoms with E-state index in [4.69, 9.17) is 16.3 Å². The molecule has 2 aromatic carbocycles. The predicted molar refractivity (Wildman–Crippen MR) is 96.1 cm³/mol.